The molecule has 33 heavy (non-hydrogen) atoms. The van der Waals surface area contributed by atoms with E-state index < -0.39 is 0 Å². The third-order valence-electron chi connectivity index (χ3n) is 6.98. The van der Waals surface area contributed by atoms with Crippen LogP contribution in [0.25, 0.3) is 0 Å². The minimum absolute atomic E-state index is 0.152. The number of nitrogens with zero attached hydrogens (tertiary/aromatic N) is 2. The minimum Gasteiger partial charge on any atom is -0.338 e. The van der Waals surface area contributed by atoms with Crippen molar-refractivity contribution in [2.75, 3.05) is 33.2 Å². The second kappa shape index (κ2) is 11.8. The van der Waals surface area contributed by atoms with Crippen molar-refractivity contribution in [3.05, 3.63) is 108 Å². The van der Waals surface area contributed by atoms with Gasteiger partial charge in [-0.05, 0) is 75.0 Å². The summed E-state index contributed by atoms with van der Waals surface area (Å²) < 4.78 is 0. The van der Waals surface area contributed by atoms with Gasteiger partial charge in [0, 0.05) is 24.6 Å². The normalized spacial score (nSPS) is 21.2. The molecule has 0 radical (unpaired) electrons. The Labute approximate surface area is 199 Å². The molecule has 0 aromatic heterocycles. The van der Waals surface area contributed by atoms with Gasteiger partial charge in [-0.15, -0.1) is 0 Å². The number of hydrogen-bond acceptors (Lipinski definition) is 2. The summed E-state index contributed by atoms with van der Waals surface area (Å²) in [7, 11) is 2.22. The second-order valence-electron chi connectivity index (χ2n) is 9.32. The molecule has 2 aromatic rings. The molecule has 2 fully saturated rings. The van der Waals surface area contributed by atoms with Crippen LogP contribution in [0.15, 0.2) is 96.6 Å². The molecule has 0 bridgehead atoms. The number of carbonyl (C=O) groups is 1. The predicted octanol–water partition coefficient (Wildman–Crippen LogP) is 6.09. The van der Waals surface area contributed by atoms with E-state index in [1.165, 1.54) is 31.5 Å². The Bertz CT molecular complexity index is 969. The fourth-order valence-corrected chi connectivity index (χ4v) is 4.95. The monoisotopic (exact) mass is 440 g/mol. The third-order valence-corrected chi connectivity index (χ3v) is 6.98. The SMILES string of the molecule is CN1CCC(C2=CCC=CC=C2)CC1.O=C(c1ccccc1)N1CC[C@H](c2ccccc2)C1. The first kappa shape index (κ1) is 23.3. The number of benzene rings is 2. The lowest BCUT2D eigenvalue weighted by Crippen LogP contribution is -2.30. The van der Waals surface area contributed by atoms with Crippen molar-refractivity contribution in [1.29, 1.82) is 0 Å². The smallest absolute Gasteiger partial charge is 0.253 e. The van der Waals surface area contributed by atoms with Gasteiger partial charge in [0.1, 0.15) is 0 Å². The van der Waals surface area contributed by atoms with Crippen LogP contribution in [0.1, 0.15) is 47.5 Å². The number of allylic oxidation sites excluding steroid dienone is 6. The summed E-state index contributed by atoms with van der Waals surface area (Å²) in [5.74, 6) is 1.44. The molecule has 3 nitrogen and oxygen atoms in total. The molecule has 1 aliphatic carbocycles. The Kier molecular flexibility index (Phi) is 8.32. The van der Waals surface area contributed by atoms with Crippen molar-refractivity contribution in [1.82, 2.24) is 9.80 Å². The zero-order chi connectivity index (χ0) is 22.9. The summed E-state index contributed by atoms with van der Waals surface area (Å²) in [6.07, 6.45) is 16.0. The van der Waals surface area contributed by atoms with Gasteiger partial charge >= 0.3 is 0 Å². The van der Waals surface area contributed by atoms with Crippen LogP contribution in [0.4, 0.5) is 0 Å². The first-order valence-electron chi connectivity index (χ1n) is 12.3. The van der Waals surface area contributed by atoms with Crippen LogP contribution in [-0.4, -0.2) is 48.9 Å². The van der Waals surface area contributed by atoms with Gasteiger partial charge in [-0.3, -0.25) is 4.79 Å². The molecular weight excluding hydrogens is 404 g/mol. The third kappa shape index (κ3) is 6.55. The largest absolute Gasteiger partial charge is 0.338 e. The van der Waals surface area contributed by atoms with E-state index in [1.807, 2.05) is 41.3 Å². The molecule has 0 N–H and O–H groups in total. The van der Waals surface area contributed by atoms with E-state index in [4.69, 9.17) is 0 Å². The molecule has 0 saturated carbocycles. The Balaban J connectivity index is 0.000000165. The number of amides is 1. The Morgan fingerprint density at radius 1 is 0.818 bits per heavy atom. The van der Waals surface area contributed by atoms with E-state index in [9.17, 15) is 4.79 Å². The first-order valence-corrected chi connectivity index (χ1v) is 12.3. The van der Waals surface area contributed by atoms with Gasteiger partial charge in [-0.25, -0.2) is 0 Å². The van der Waals surface area contributed by atoms with E-state index in [0.29, 0.717) is 5.92 Å². The van der Waals surface area contributed by atoms with Gasteiger partial charge < -0.3 is 9.80 Å². The quantitative estimate of drug-likeness (QED) is 0.577. The Morgan fingerprint density at radius 3 is 2.21 bits per heavy atom. The molecule has 0 spiro atoms. The number of likely N-dealkylation sites (tertiary alicyclic amines) is 2. The van der Waals surface area contributed by atoms with Crippen molar-refractivity contribution in [3.8, 4) is 0 Å². The molecule has 5 rings (SSSR count). The summed E-state index contributed by atoms with van der Waals surface area (Å²) in [5.41, 5.74) is 3.69. The molecule has 2 heterocycles. The highest BCUT2D eigenvalue weighted by Crippen LogP contribution is 2.28. The van der Waals surface area contributed by atoms with Crippen molar-refractivity contribution >= 4 is 5.91 Å². The van der Waals surface area contributed by atoms with Gasteiger partial charge in [0.25, 0.3) is 5.91 Å². The maximum Gasteiger partial charge on any atom is 0.253 e. The lowest BCUT2D eigenvalue weighted by molar-refractivity contribution is 0.0791. The summed E-state index contributed by atoms with van der Waals surface area (Å²) in [6, 6.07) is 20.0. The summed E-state index contributed by atoms with van der Waals surface area (Å²) in [4.78, 5) is 16.7. The maximum absolute atomic E-state index is 12.3. The standard InChI is InChI=1S/C17H17NO.C13H19N/c19-17(15-9-5-2-6-10-15)18-12-11-16(13-18)14-7-3-1-4-8-14;1-14-10-8-13(9-11-14)12-6-4-2-3-5-7-12/h1-10,16H,11-13H2;2-4,6-7,13H,5,8-11H2,1H3/t16-;/m0./s1. The molecule has 1 amide bonds. The molecule has 1 atom stereocenters. The first-order chi connectivity index (χ1) is 16.2. The van der Waals surface area contributed by atoms with Gasteiger partial charge in [0.2, 0.25) is 0 Å². The number of hydrogen-bond donors (Lipinski definition) is 0. The molecule has 3 aliphatic rings. The van der Waals surface area contributed by atoms with Gasteiger partial charge in [0.05, 0.1) is 0 Å². The van der Waals surface area contributed by atoms with E-state index in [-0.39, 0.29) is 5.91 Å². The lowest BCUT2D eigenvalue weighted by Gasteiger charge is -2.29. The zero-order valence-electron chi connectivity index (χ0n) is 19.8. The summed E-state index contributed by atoms with van der Waals surface area (Å²) in [6.45, 7) is 4.19. The van der Waals surface area contributed by atoms with Crippen molar-refractivity contribution in [3.63, 3.8) is 0 Å². The van der Waals surface area contributed by atoms with E-state index in [0.717, 1.165) is 37.4 Å². The van der Waals surface area contributed by atoms with Crippen LogP contribution in [0.3, 0.4) is 0 Å². The number of carbonyl (C=O) groups excluding carboxylic acids is 1. The average Bonchev–Trinajstić information content (AvgIpc) is 3.21. The molecular formula is C30H36N2O. The Hall–Kier alpha value is -2.91. The molecule has 172 valence electrons. The summed E-state index contributed by atoms with van der Waals surface area (Å²) in [5, 5.41) is 0. The molecule has 2 aromatic carbocycles. The van der Waals surface area contributed by atoms with Gasteiger partial charge in [0.15, 0.2) is 0 Å². The molecule has 2 saturated heterocycles. The van der Waals surface area contributed by atoms with Gasteiger partial charge in [-0.1, -0.05) is 78.9 Å². The maximum atomic E-state index is 12.3. The van der Waals surface area contributed by atoms with Crippen molar-refractivity contribution < 1.29 is 4.79 Å². The van der Waals surface area contributed by atoms with Gasteiger partial charge in [-0.2, -0.15) is 0 Å². The van der Waals surface area contributed by atoms with Crippen LogP contribution in [0.2, 0.25) is 0 Å². The lowest BCUT2D eigenvalue weighted by atomic mass is 9.88. The molecule has 0 unspecified atom stereocenters. The zero-order valence-corrected chi connectivity index (χ0v) is 19.8. The summed E-state index contributed by atoms with van der Waals surface area (Å²) >= 11 is 0. The number of rotatable bonds is 3. The molecule has 2 aliphatic heterocycles. The predicted molar refractivity (Wildman–Crippen MR) is 137 cm³/mol. The molecule has 3 heteroatoms. The fraction of sp³-hybridized carbons (Fsp3) is 0.367. The highest BCUT2D eigenvalue weighted by Gasteiger charge is 2.27. The van der Waals surface area contributed by atoms with Crippen molar-refractivity contribution in [2.24, 2.45) is 5.92 Å². The van der Waals surface area contributed by atoms with Crippen LogP contribution in [-0.2, 0) is 0 Å². The van der Waals surface area contributed by atoms with E-state index in [1.54, 1.807) is 5.57 Å². The Morgan fingerprint density at radius 2 is 1.48 bits per heavy atom. The van der Waals surface area contributed by atoms with Crippen LogP contribution < -0.4 is 0 Å². The van der Waals surface area contributed by atoms with E-state index in [2.05, 4.69) is 66.6 Å². The fourth-order valence-electron chi connectivity index (χ4n) is 4.95. The number of piperidine rings is 1. The van der Waals surface area contributed by atoms with Crippen molar-refractivity contribution in [2.45, 2.75) is 31.6 Å². The highest BCUT2D eigenvalue weighted by molar-refractivity contribution is 5.94. The second-order valence-corrected chi connectivity index (χ2v) is 9.32. The minimum atomic E-state index is 0.152. The van der Waals surface area contributed by atoms with Crippen LogP contribution in [0.5, 0.6) is 0 Å². The topological polar surface area (TPSA) is 23.6 Å². The van der Waals surface area contributed by atoms with Crippen LogP contribution >= 0.6 is 0 Å². The average molecular weight is 441 g/mol. The highest BCUT2D eigenvalue weighted by atomic mass is 16.2. The van der Waals surface area contributed by atoms with Crippen LogP contribution in [0, 0.1) is 5.92 Å². The van der Waals surface area contributed by atoms with E-state index >= 15 is 0 Å².